The number of hydrogen-bond donors (Lipinski definition) is 4. The van der Waals surface area contributed by atoms with E-state index in [1.54, 1.807) is 6.07 Å². The molecule has 3 aromatic rings. The summed E-state index contributed by atoms with van der Waals surface area (Å²) in [6, 6.07) is 12.5. The van der Waals surface area contributed by atoms with Gasteiger partial charge in [0.05, 0.1) is 12.3 Å². The maximum atomic E-state index is 12.7. The van der Waals surface area contributed by atoms with E-state index in [1.807, 2.05) is 39.0 Å². The van der Waals surface area contributed by atoms with Crippen molar-refractivity contribution in [2.75, 3.05) is 37.9 Å². The molecular weight excluding hydrogens is 466 g/mol. The van der Waals surface area contributed by atoms with Gasteiger partial charge in [-0.2, -0.15) is 4.98 Å². The van der Waals surface area contributed by atoms with Gasteiger partial charge in [-0.1, -0.05) is 26.0 Å². The number of amides is 1. The molecule has 0 spiro atoms. The summed E-state index contributed by atoms with van der Waals surface area (Å²) in [6.07, 6.45) is 4.73. The smallest absolute Gasteiger partial charge is 0.256 e. The van der Waals surface area contributed by atoms with Gasteiger partial charge in [-0.25, -0.2) is 9.97 Å². The second-order valence-electron chi connectivity index (χ2n) is 10.4. The maximum Gasteiger partial charge on any atom is 0.256 e. The van der Waals surface area contributed by atoms with Crippen molar-refractivity contribution in [2.45, 2.75) is 51.5 Å². The zero-order valence-corrected chi connectivity index (χ0v) is 22.3. The average molecular weight is 504 g/mol. The number of hydrogen-bond acceptors (Lipinski definition) is 8. The maximum absolute atomic E-state index is 12.7. The highest BCUT2D eigenvalue weighted by atomic mass is 16.3. The van der Waals surface area contributed by atoms with Crippen molar-refractivity contribution in [3.05, 3.63) is 65.0 Å². The standard InChI is InChI=1S/C28H37N7O2/c1-6-29-26(37)22-16-30-27(31-20-12-10-19-15-21(35(4)5)13-11-18(19)14-20)34-25(22)33-24-9-7-8-23(32-24)28(2,3)17-36/h7-10,12,14,16,21,36H,6,11,13,15,17H2,1-5H3,(H,29,37)(H2,30,31,32,33,34). The van der Waals surface area contributed by atoms with Gasteiger partial charge in [-0.05, 0) is 75.7 Å². The lowest BCUT2D eigenvalue weighted by molar-refractivity contribution is 0.0956. The van der Waals surface area contributed by atoms with Crippen molar-refractivity contribution >= 4 is 29.2 Å². The minimum absolute atomic E-state index is 0.0359. The SMILES string of the molecule is CCNC(=O)c1cnc(Nc2ccc3c(c2)CCC(N(C)C)C3)nc1Nc1cccc(C(C)(C)CO)n1. The molecule has 1 unspecified atom stereocenters. The molecule has 9 heteroatoms. The third-order valence-corrected chi connectivity index (χ3v) is 6.85. The number of carbonyl (C=O) groups is 1. The molecule has 1 aliphatic rings. The van der Waals surface area contributed by atoms with Crippen LogP contribution in [0.3, 0.4) is 0 Å². The molecule has 37 heavy (non-hydrogen) atoms. The summed E-state index contributed by atoms with van der Waals surface area (Å²) in [6.45, 7) is 6.16. The van der Waals surface area contributed by atoms with E-state index in [0.29, 0.717) is 35.7 Å². The lowest BCUT2D eigenvalue weighted by atomic mass is 9.87. The number of aliphatic hydroxyl groups is 1. The van der Waals surface area contributed by atoms with Gasteiger partial charge in [0.1, 0.15) is 17.2 Å². The highest BCUT2D eigenvalue weighted by molar-refractivity contribution is 5.99. The first-order valence-corrected chi connectivity index (χ1v) is 12.8. The summed E-state index contributed by atoms with van der Waals surface area (Å²) >= 11 is 0. The van der Waals surface area contributed by atoms with Crippen LogP contribution in [0.4, 0.5) is 23.3 Å². The van der Waals surface area contributed by atoms with Crippen LogP contribution in [0.15, 0.2) is 42.6 Å². The molecule has 2 aromatic heterocycles. The van der Waals surface area contributed by atoms with E-state index in [0.717, 1.165) is 30.6 Å². The molecule has 196 valence electrons. The molecule has 0 bridgehead atoms. The van der Waals surface area contributed by atoms with Crippen LogP contribution in [0.25, 0.3) is 0 Å². The Morgan fingerprint density at radius 3 is 2.68 bits per heavy atom. The van der Waals surface area contributed by atoms with Crippen LogP contribution in [-0.4, -0.2) is 64.2 Å². The van der Waals surface area contributed by atoms with Crippen molar-refractivity contribution in [3.63, 3.8) is 0 Å². The number of nitrogens with zero attached hydrogens (tertiary/aromatic N) is 4. The second-order valence-corrected chi connectivity index (χ2v) is 10.4. The van der Waals surface area contributed by atoms with Gasteiger partial charge in [-0.3, -0.25) is 4.79 Å². The molecule has 1 atom stereocenters. The minimum atomic E-state index is -0.502. The van der Waals surface area contributed by atoms with E-state index in [9.17, 15) is 9.90 Å². The highest BCUT2D eigenvalue weighted by Gasteiger charge is 2.23. The fraction of sp³-hybridized carbons (Fsp3) is 0.429. The van der Waals surface area contributed by atoms with E-state index >= 15 is 0 Å². The third kappa shape index (κ3) is 6.23. The molecule has 9 nitrogen and oxygen atoms in total. The molecule has 0 saturated heterocycles. The molecule has 1 aromatic carbocycles. The first-order chi connectivity index (χ1) is 17.7. The van der Waals surface area contributed by atoms with Gasteiger partial charge < -0.3 is 26.0 Å². The number of likely N-dealkylation sites (N-methyl/N-ethyl adjacent to an activating group) is 1. The largest absolute Gasteiger partial charge is 0.395 e. The zero-order valence-electron chi connectivity index (χ0n) is 22.3. The summed E-state index contributed by atoms with van der Waals surface area (Å²) in [7, 11) is 4.27. The number of fused-ring (bicyclic) bond motifs is 1. The Kier molecular flexibility index (Phi) is 8.04. The Hall–Kier alpha value is -3.56. The van der Waals surface area contributed by atoms with Crippen molar-refractivity contribution in [1.82, 2.24) is 25.2 Å². The number of pyridine rings is 1. The van der Waals surface area contributed by atoms with Crippen molar-refractivity contribution in [3.8, 4) is 0 Å². The molecule has 1 aliphatic carbocycles. The van der Waals surface area contributed by atoms with E-state index in [4.69, 9.17) is 0 Å². The number of benzene rings is 1. The van der Waals surface area contributed by atoms with Gasteiger partial charge in [0, 0.05) is 29.9 Å². The number of rotatable bonds is 9. The molecule has 0 fully saturated rings. The number of aromatic nitrogens is 3. The number of nitrogens with one attached hydrogen (secondary N) is 3. The topological polar surface area (TPSA) is 115 Å². The van der Waals surface area contributed by atoms with Crippen LogP contribution in [0.5, 0.6) is 0 Å². The van der Waals surface area contributed by atoms with Crippen LogP contribution >= 0.6 is 0 Å². The molecule has 0 aliphatic heterocycles. The second kappa shape index (κ2) is 11.2. The van der Waals surface area contributed by atoms with Crippen LogP contribution in [-0.2, 0) is 18.3 Å². The monoisotopic (exact) mass is 503 g/mol. The van der Waals surface area contributed by atoms with E-state index in [-0.39, 0.29) is 12.5 Å². The lowest BCUT2D eigenvalue weighted by Crippen LogP contribution is -2.33. The van der Waals surface area contributed by atoms with E-state index in [2.05, 4.69) is 62.0 Å². The summed E-state index contributed by atoms with van der Waals surface area (Å²) in [5, 5.41) is 19.0. The minimum Gasteiger partial charge on any atom is -0.395 e. The molecule has 2 heterocycles. The molecule has 0 radical (unpaired) electrons. The molecular formula is C28H37N7O2. The molecule has 4 rings (SSSR count). The Bertz CT molecular complexity index is 1260. The summed E-state index contributed by atoms with van der Waals surface area (Å²) in [4.78, 5) is 28.7. The van der Waals surface area contributed by atoms with E-state index in [1.165, 1.54) is 17.3 Å². The summed E-state index contributed by atoms with van der Waals surface area (Å²) < 4.78 is 0. The summed E-state index contributed by atoms with van der Waals surface area (Å²) in [5.74, 6) is 0.983. The number of aliphatic hydroxyl groups excluding tert-OH is 1. The Balaban J connectivity index is 1.61. The predicted molar refractivity (Wildman–Crippen MR) is 147 cm³/mol. The first kappa shape index (κ1) is 26.5. The number of carbonyl (C=O) groups excluding carboxylic acids is 1. The van der Waals surface area contributed by atoms with Crippen LogP contribution in [0.2, 0.25) is 0 Å². The lowest BCUT2D eigenvalue weighted by Gasteiger charge is -2.30. The van der Waals surface area contributed by atoms with Crippen molar-refractivity contribution in [1.29, 1.82) is 0 Å². The van der Waals surface area contributed by atoms with Gasteiger partial charge in [-0.15, -0.1) is 0 Å². The van der Waals surface area contributed by atoms with Crippen LogP contribution < -0.4 is 16.0 Å². The predicted octanol–water partition coefficient (Wildman–Crippen LogP) is 3.80. The van der Waals surface area contributed by atoms with E-state index < -0.39 is 5.41 Å². The molecule has 1 amide bonds. The highest BCUT2D eigenvalue weighted by Crippen LogP contribution is 2.28. The quantitative estimate of drug-likeness (QED) is 0.349. The Morgan fingerprint density at radius 1 is 1.14 bits per heavy atom. The third-order valence-electron chi connectivity index (χ3n) is 6.85. The molecule has 4 N–H and O–H groups in total. The normalized spacial score (nSPS) is 15.3. The van der Waals surface area contributed by atoms with Crippen molar-refractivity contribution in [2.24, 2.45) is 0 Å². The number of anilines is 4. The van der Waals surface area contributed by atoms with Crippen LogP contribution in [0.1, 0.15) is 54.4 Å². The number of aryl methyl sites for hydroxylation is 1. The Morgan fingerprint density at radius 2 is 1.95 bits per heavy atom. The molecule has 0 saturated carbocycles. The van der Waals surface area contributed by atoms with Crippen molar-refractivity contribution < 1.29 is 9.90 Å². The Labute approximate surface area is 218 Å². The van der Waals surface area contributed by atoms with Crippen LogP contribution in [0, 0.1) is 0 Å². The first-order valence-electron chi connectivity index (χ1n) is 12.8. The average Bonchev–Trinajstić information content (AvgIpc) is 2.88. The fourth-order valence-electron chi connectivity index (χ4n) is 4.43. The van der Waals surface area contributed by atoms with Gasteiger partial charge in [0.15, 0.2) is 0 Å². The summed E-state index contributed by atoms with van der Waals surface area (Å²) in [5.41, 5.74) is 4.18. The van der Waals surface area contributed by atoms with Gasteiger partial charge >= 0.3 is 0 Å². The van der Waals surface area contributed by atoms with Gasteiger partial charge in [0.25, 0.3) is 5.91 Å². The fourth-order valence-corrected chi connectivity index (χ4v) is 4.43. The zero-order chi connectivity index (χ0) is 26.6. The van der Waals surface area contributed by atoms with Gasteiger partial charge in [0.2, 0.25) is 5.95 Å².